The number of hydrogen-bond donors (Lipinski definition) is 1. The van der Waals surface area contributed by atoms with Gasteiger partial charge in [-0.1, -0.05) is 16.6 Å². The van der Waals surface area contributed by atoms with Crippen LogP contribution in [0.2, 0.25) is 0 Å². The molecule has 0 aliphatic heterocycles. The molecule has 2 rings (SSSR count). The molecule has 0 fully saturated rings. The average molecular weight is 318 g/mol. The number of nitrogens with zero attached hydrogens (tertiary/aromatic N) is 3. The summed E-state index contributed by atoms with van der Waals surface area (Å²) in [7, 11) is 0. The van der Waals surface area contributed by atoms with Gasteiger partial charge in [-0.25, -0.2) is 9.82 Å². The van der Waals surface area contributed by atoms with E-state index in [1.54, 1.807) is 0 Å². The van der Waals surface area contributed by atoms with Crippen LogP contribution in [0.5, 0.6) is 0 Å². The molecule has 0 saturated heterocycles. The van der Waals surface area contributed by atoms with Crippen molar-refractivity contribution in [2.75, 3.05) is 0 Å². The van der Waals surface area contributed by atoms with Gasteiger partial charge in [0.1, 0.15) is 10.7 Å². The van der Waals surface area contributed by atoms with Crippen molar-refractivity contribution in [1.82, 2.24) is 15.0 Å². The molecule has 0 aliphatic rings. The van der Waals surface area contributed by atoms with Crippen molar-refractivity contribution in [3.63, 3.8) is 0 Å². The van der Waals surface area contributed by atoms with Crippen LogP contribution in [-0.4, -0.2) is 21.7 Å². The van der Waals surface area contributed by atoms with Gasteiger partial charge in [0.25, 0.3) is 5.91 Å². The van der Waals surface area contributed by atoms with Crippen molar-refractivity contribution in [2.45, 2.75) is 6.18 Å². The minimum atomic E-state index is -4.76. The van der Waals surface area contributed by atoms with E-state index in [2.05, 4.69) is 14.7 Å². The number of aromatic nitrogens is 2. The Bertz CT molecular complexity index is 666. The van der Waals surface area contributed by atoms with E-state index < -0.39 is 28.5 Å². The van der Waals surface area contributed by atoms with E-state index in [4.69, 9.17) is 0 Å². The highest BCUT2D eigenvalue weighted by atomic mass is 32.1. The standard InChI is InChI=1S/C11H6F4N4OS/c12-7-3-1-6(2-4-7)5-16-18-10(20)8-9(11(13,14)15)17-19-21-8/h1-5H,(H,18,20)/b16-5+. The third-order valence-electron chi connectivity index (χ3n) is 2.21. The normalized spacial score (nSPS) is 11.8. The fourth-order valence-electron chi connectivity index (χ4n) is 1.29. The first-order valence-corrected chi connectivity index (χ1v) is 6.14. The second-order valence-corrected chi connectivity index (χ2v) is 4.45. The maximum atomic E-state index is 12.6. The molecule has 0 atom stereocenters. The lowest BCUT2D eigenvalue weighted by atomic mass is 10.2. The van der Waals surface area contributed by atoms with Crippen LogP contribution in [0.3, 0.4) is 0 Å². The summed E-state index contributed by atoms with van der Waals surface area (Å²) in [5.41, 5.74) is 1.04. The zero-order valence-electron chi connectivity index (χ0n) is 10.1. The van der Waals surface area contributed by atoms with Crippen LogP contribution in [-0.2, 0) is 6.18 Å². The molecule has 0 bridgehead atoms. The zero-order valence-corrected chi connectivity index (χ0v) is 10.9. The summed E-state index contributed by atoms with van der Waals surface area (Å²) in [6.45, 7) is 0. The maximum Gasteiger partial charge on any atom is 0.436 e. The van der Waals surface area contributed by atoms with E-state index in [-0.39, 0.29) is 0 Å². The van der Waals surface area contributed by atoms with Crippen LogP contribution in [0, 0.1) is 5.82 Å². The van der Waals surface area contributed by atoms with Crippen LogP contribution in [0.1, 0.15) is 20.9 Å². The van der Waals surface area contributed by atoms with E-state index >= 15 is 0 Å². The lowest BCUT2D eigenvalue weighted by Gasteiger charge is -2.03. The Kier molecular flexibility index (Phi) is 4.26. The molecule has 0 saturated carbocycles. The molecule has 1 N–H and O–H groups in total. The fourth-order valence-corrected chi connectivity index (χ4v) is 1.87. The van der Waals surface area contributed by atoms with Gasteiger partial charge in [-0.15, -0.1) is 5.10 Å². The largest absolute Gasteiger partial charge is 0.436 e. The molecule has 1 aromatic carbocycles. The first-order chi connectivity index (χ1) is 9.88. The Morgan fingerprint density at radius 1 is 1.29 bits per heavy atom. The zero-order chi connectivity index (χ0) is 15.5. The van der Waals surface area contributed by atoms with Crippen LogP contribution in [0.15, 0.2) is 29.4 Å². The molecule has 2 aromatic rings. The summed E-state index contributed by atoms with van der Waals surface area (Å²) >= 11 is 0.316. The van der Waals surface area contributed by atoms with Gasteiger partial charge in [0.15, 0.2) is 5.69 Å². The van der Waals surface area contributed by atoms with Gasteiger partial charge in [0, 0.05) is 0 Å². The summed E-state index contributed by atoms with van der Waals surface area (Å²) < 4.78 is 53.3. The highest BCUT2D eigenvalue weighted by Crippen LogP contribution is 2.31. The molecular weight excluding hydrogens is 312 g/mol. The summed E-state index contributed by atoms with van der Waals surface area (Å²) in [6, 6.07) is 5.14. The monoisotopic (exact) mass is 318 g/mol. The Balaban J connectivity index is 2.06. The highest BCUT2D eigenvalue weighted by Gasteiger charge is 2.39. The third kappa shape index (κ3) is 3.81. The van der Waals surface area contributed by atoms with Crippen molar-refractivity contribution in [2.24, 2.45) is 5.10 Å². The van der Waals surface area contributed by atoms with Crippen molar-refractivity contribution < 1.29 is 22.4 Å². The molecular formula is C11H6F4N4OS. The lowest BCUT2D eigenvalue weighted by molar-refractivity contribution is -0.141. The summed E-state index contributed by atoms with van der Waals surface area (Å²) in [5.74, 6) is -1.52. The number of hydrazone groups is 1. The van der Waals surface area contributed by atoms with Gasteiger partial charge in [0.2, 0.25) is 0 Å². The van der Waals surface area contributed by atoms with Crippen molar-refractivity contribution in [3.05, 3.63) is 46.2 Å². The number of alkyl halides is 3. The molecule has 0 aliphatic carbocycles. The molecule has 0 unspecified atom stereocenters. The molecule has 1 amide bonds. The van der Waals surface area contributed by atoms with Crippen molar-refractivity contribution in [1.29, 1.82) is 0 Å². The molecule has 10 heteroatoms. The van der Waals surface area contributed by atoms with Gasteiger partial charge in [0.05, 0.1) is 6.21 Å². The smallest absolute Gasteiger partial charge is 0.266 e. The SMILES string of the molecule is O=C(N/N=C/c1ccc(F)cc1)c1snnc1C(F)(F)F. The Labute approximate surface area is 119 Å². The number of carbonyl (C=O) groups excluding carboxylic acids is 1. The van der Waals surface area contributed by atoms with E-state index in [1.165, 1.54) is 30.5 Å². The van der Waals surface area contributed by atoms with E-state index in [1.807, 2.05) is 5.43 Å². The van der Waals surface area contributed by atoms with E-state index in [9.17, 15) is 22.4 Å². The highest BCUT2D eigenvalue weighted by molar-refractivity contribution is 7.08. The van der Waals surface area contributed by atoms with Crippen LogP contribution < -0.4 is 5.43 Å². The van der Waals surface area contributed by atoms with Gasteiger partial charge < -0.3 is 0 Å². The average Bonchev–Trinajstić information content (AvgIpc) is 2.90. The predicted octanol–water partition coefficient (Wildman–Crippen LogP) is 2.46. The second kappa shape index (κ2) is 5.95. The van der Waals surface area contributed by atoms with Crippen LogP contribution in [0.25, 0.3) is 0 Å². The number of rotatable bonds is 3. The Morgan fingerprint density at radius 2 is 1.95 bits per heavy atom. The minimum Gasteiger partial charge on any atom is -0.266 e. The topological polar surface area (TPSA) is 67.2 Å². The Hall–Kier alpha value is -2.36. The lowest BCUT2D eigenvalue weighted by Crippen LogP contribution is -2.21. The molecule has 0 radical (unpaired) electrons. The molecule has 0 spiro atoms. The number of hydrogen-bond acceptors (Lipinski definition) is 5. The second-order valence-electron chi connectivity index (χ2n) is 3.70. The molecule has 1 heterocycles. The first kappa shape index (κ1) is 15.0. The van der Waals surface area contributed by atoms with E-state index in [0.29, 0.717) is 17.1 Å². The number of carbonyl (C=O) groups is 1. The summed E-state index contributed by atoms with van der Waals surface area (Å²) in [6.07, 6.45) is -3.60. The quantitative estimate of drug-likeness (QED) is 0.537. The van der Waals surface area contributed by atoms with Crippen molar-refractivity contribution in [3.8, 4) is 0 Å². The maximum absolute atomic E-state index is 12.6. The van der Waals surface area contributed by atoms with Gasteiger partial charge >= 0.3 is 6.18 Å². The number of nitrogens with one attached hydrogen (secondary N) is 1. The summed E-state index contributed by atoms with van der Waals surface area (Å²) in [4.78, 5) is 10.9. The molecule has 110 valence electrons. The summed E-state index contributed by atoms with van der Waals surface area (Å²) in [5, 5.41) is 6.36. The third-order valence-corrected chi connectivity index (χ3v) is 2.94. The fraction of sp³-hybridized carbons (Fsp3) is 0.0909. The molecule has 21 heavy (non-hydrogen) atoms. The predicted molar refractivity (Wildman–Crippen MR) is 66.4 cm³/mol. The Morgan fingerprint density at radius 3 is 2.57 bits per heavy atom. The number of amides is 1. The van der Waals surface area contributed by atoms with Crippen LogP contribution in [0.4, 0.5) is 17.6 Å². The minimum absolute atomic E-state index is 0.316. The van der Waals surface area contributed by atoms with Gasteiger partial charge in [-0.3, -0.25) is 4.79 Å². The van der Waals surface area contributed by atoms with Gasteiger partial charge in [-0.2, -0.15) is 18.3 Å². The number of benzene rings is 1. The van der Waals surface area contributed by atoms with Crippen LogP contribution >= 0.6 is 11.5 Å². The molecule has 1 aromatic heterocycles. The number of halogens is 4. The van der Waals surface area contributed by atoms with E-state index in [0.717, 1.165) is 0 Å². The van der Waals surface area contributed by atoms with Gasteiger partial charge in [-0.05, 0) is 29.2 Å². The van der Waals surface area contributed by atoms with Crippen molar-refractivity contribution >= 4 is 23.7 Å². The first-order valence-electron chi connectivity index (χ1n) is 5.36. The molecule has 5 nitrogen and oxygen atoms in total.